The molecule has 0 aliphatic heterocycles. The molecule has 1 amide bonds. The second-order valence-electron chi connectivity index (χ2n) is 11.0. The van der Waals surface area contributed by atoms with Gasteiger partial charge in [0, 0.05) is 5.56 Å². The molecule has 8 heteroatoms. The molecule has 0 heterocycles. The van der Waals surface area contributed by atoms with Crippen LogP contribution in [-0.2, 0) is 9.53 Å². The number of hydrogen-bond donors (Lipinski definition) is 1. The van der Waals surface area contributed by atoms with Crippen LogP contribution in [0.15, 0.2) is 42.5 Å². The Labute approximate surface area is 267 Å². The van der Waals surface area contributed by atoms with Gasteiger partial charge in [0.15, 0.2) is 0 Å². The second-order valence-corrected chi connectivity index (χ2v) is 13.1. The van der Waals surface area contributed by atoms with Gasteiger partial charge in [0.1, 0.15) is 5.44 Å². The minimum atomic E-state index is -1.26. The van der Waals surface area contributed by atoms with Crippen LogP contribution >= 0.6 is 23.5 Å². The molecule has 1 aliphatic carbocycles. The van der Waals surface area contributed by atoms with E-state index in [9.17, 15) is 14.7 Å². The zero-order chi connectivity index (χ0) is 28.9. The minimum Gasteiger partial charge on any atom is -0.548 e. The molecule has 41 heavy (non-hydrogen) atoms. The van der Waals surface area contributed by atoms with Gasteiger partial charge in [-0.05, 0) is 91.2 Å². The SMILES string of the molecule is CCCCSC(OC(C)CC1CCCCC1)c1ccc(C(=O)N[C@@H](CCSC)C(=O)[O-])c(-c2ccccc2C)c1.[Li+]. The maximum absolute atomic E-state index is 13.5. The largest absolute Gasteiger partial charge is 1.00 e. The smallest absolute Gasteiger partial charge is 0.548 e. The Morgan fingerprint density at radius 3 is 2.46 bits per heavy atom. The molecule has 2 aromatic rings. The molecule has 0 spiro atoms. The van der Waals surface area contributed by atoms with Crippen molar-refractivity contribution in [1.29, 1.82) is 0 Å². The van der Waals surface area contributed by atoms with Crippen molar-refractivity contribution in [2.45, 2.75) is 96.1 Å². The van der Waals surface area contributed by atoms with Crippen molar-refractivity contribution in [1.82, 2.24) is 5.32 Å². The topological polar surface area (TPSA) is 78.5 Å². The average Bonchev–Trinajstić information content (AvgIpc) is 2.95. The molecule has 3 atom stereocenters. The summed E-state index contributed by atoms with van der Waals surface area (Å²) in [6, 6.07) is 12.8. The number of benzene rings is 2. The van der Waals surface area contributed by atoms with Crippen LogP contribution in [0.5, 0.6) is 0 Å². The van der Waals surface area contributed by atoms with E-state index >= 15 is 0 Å². The van der Waals surface area contributed by atoms with Crippen LogP contribution in [-0.4, -0.2) is 41.8 Å². The maximum atomic E-state index is 13.5. The van der Waals surface area contributed by atoms with E-state index in [1.54, 1.807) is 11.8 Å². The number of rotatable bonds is 16. The third kappa shape index (κ3) is 11.3. The predicted molar refractivity (Wildman–Crippen MR) is 168 cm³/mol. The van der Waals surface area contributed by atoms with Crippen molar-refractivity contribution in [3.63, 3.8) is 0 Å². The summed E-state index contributed by atoms with van der Waals surface area (Å²) in [5.74, 6) is 0.699. The van der Waals surface area contributed by atoms with Crippen molar-refractivity contribution in [3.8, 4) is 11.1 Å². The van der Waals surface area contributed by atoms with Crippen LogP contribution in [0.4, 0.5) is 0 Å². The number of ether oxygens (including phenoxy) is 1. The standard InChI is InChI=1S/C33H47NO4S2.Li/c1-5-6-19-40-33(38-24(3)21-25-13-8-7-9-14-25)26-16-17-28(29(22-26)27-15-11-10-12-23(27)2)31(35)34-30(32(36)37)18-20-39-4;/h10-12,15-17,22,24-25,30,33H,5-9,13-14,18-21H2,1-4H3,(H,34,35)(H,36,37);/q;+1/p-1/t24?,30-,33?;/m0./s1. The van der Waals surface area contributed by atoms with E-state index in [1.165, 1.54) is 32.1 Å². The number of hydrogen-bond acceptors (Lipinski definition) is 6. The van der Waals surface area contributed by atoms with E-state index in [0.717, 1.165) is 53.2 Å². The zero-order valence-corrected chi connectivity index (χ0v) is 27.2. The average molecular weight is 592 g/mol. The first-order valence-electron chi connectivity index (χ1n) is 14.8. The first-order valence-corrected chi connectivity index (χ1v) is 17.3. The van der Waals surface area contributed by atoms with E-state index < -0.39 is 17.9 Å². The second kappa shape index (κ2) is 19.0. The summed E-state index contributed by atoms with van der Waals surface area (Å²) in [4.78, 5) is 25.2. The summed E-state index contributed by atoms with van der Waals surface area (Å²) < 4.78 is 6.72. The Balaban J connectivity index is 0.00000588. The Kier molecular flexibility index (Phi) is 16.6. The number of unbranched alkanes of at least 4 members (excludes halogenated alkanes) is 1. The molecule has 1 saturated carbocycles. The number of aliphatic carboxylic acids is 1. The van der Waals surface area contributed by atoms with Gasteiger partial charge in [-0.2, -0.15) is 11.8 Å². The molecule has 2 aromatic carbocycles. The third-order valence-corrected chi connectivity index (χ3v) is 9.56. The molecule has 3 rings (SSSR count). The van der Waals surface area contributed by atoms with Crippen molar-refractivity contribution in [2.24, 2.45) is 5.92 Å². The number of carboxylic acid groups (broad SMARTS) is 1. The van der Waals surface area contributed by atoms with Gasteiger partial charge >= 0.3 is 18.9 Å². The summed E-state index contributed by atoms with van der Waals surface area (Å²) in [6.07, 6.45) is 12.3. The molecule has 0 radical (unpaired) electrons. The Morgan fingerprint density at radius 2 is 1.80 bits per heavy atom. The van der Waals surface area contributed by atoms with Gasteiger partial charge in [-0.25, -0.2) is 0 Å². The van der Waals surface area contributed by atoms with Gasteiger partial charge in [-0.15, -0.1) is 11.8 Å². The molecule has 5 nitrogen and oxygen atoms in total. The van der Waals surface area contributed by atoms with Crippen LogP contribution < -0.4 is 29.3 Å². The van der Waals surface area contributed by atoms with Gasteiger partial charge in [0.25, 0.3) is 5.91 Å². The third-order valence-electron chi connectivity index (χ3n) is 7.71. The quantitative estimate of drug-likeness (QED) is 0.179. The molecule has 1 fully saturated rings. The number of amides is 1. The summed E-state index contributed by atoms with van der Waals surface area (Å²) in [6.45, 7) is 6.42. The molecule has 2 unspecified atom stereocenters. The summed E-state index contributed by atoms with van der Waals surface area (Å²) in [5.41, 5.74) is 4.15. The van der Waals surface area contributed by atoms with E-state index in [2.05, 4.69) is 25.2 Å². The van der Waals surface area contributed by atoms with E-state index in [1.807, 2.05) is 61.3 Å². The maximum Gasteiger partial charge on any atom is 1.00 e. The number of nitrogens with one attached hydrogen (secondary N) is 1. The van der Waals surface area contributed by atoms with E-state index in [0.29, 0.717) is 17.7 Å². The van der Waals surface area contributed by atoms with E-state index in [-0.39, 0.29) is 30.4 Å². The van der Waals surface area contributed by atoms with Crippen molar-refractivity contribution in [3.05, 3.63) is 59.2 Å². The monoisotopic (exact) mass is 591 g/mol. The minimum absolute atomic E-state index is 0. The Hall–Kier alpha value is -1.36. The fourth-order valence-corrected chi connectivity index (χ4v) is 7.18. The predicted octanol–water partition coefficient (Wildman–Crippen LogP) is 4.17. The summed E-state index contributed by atoms with van der Waals surface area (Å²) >= 11 is 3.37. The van der Waals surface area contributed by atoms with Crippen molar-refractivity contribution < 1.29 is 38.3 Å². The fourth-order valence-electron chi connectivity index (χ4n) is 5.43. The fraction of sp³-hybridized carbons (Fsp3) is 0.576. The Bertz CT molecular complexity index is 1090. The van der Waals surface area contributed by atoms with Crippen LogP contribution in [0, 0.1) is 12.8 Å². The van der Waals surface area contributed by atoms with Gasteiger partial charge in [0.2, 0.25) is 0 Å². The number of carboxylic acids is 1. The zero-order valence-electron chi connectivity index (χ0n) is 25.6. The molecule has 220 valence electrons. The first-order chi connectivity index (χ1) is 19.3. The molecule has 1 aliphatic rings. The van der Waals surface area contributed by atoms with Gasteiger partial charge in [-0.1, -0.05) is 75.8 Å². The summed E-state index contributed by atoms with van der Waals surface area (Å²) in [5, 5.41) is 14.5. The number of carbonyl (C=O) groups is 2. The van der Waals surface area contributed by atoms with Crippen molar-refractivity contribution in [2.75, 3.05) is 17.8 Å². The summed E-state index contributed by atoms with van der Waals surface area (Å²) in [7, 11) is 0. The normalized spacial score (nSPS) is 15.9. The molecular weight excluding hydrogens is 545 g/mol. The number of carbonyl (C=O) groups excluding carboxylic acids is 2. The van der Waals surface area contributed by atoms with Crippen LogP contribution in [0.25, 0.3) is 11.1 Å². The Morgan fingerprint density at radius 1 is 1.07 bits per heavy atom. The molecule has 0 bridgehead atoms. The number of thioether (sulfide) groups is 2. The van der Waals surface area contributed by atoms with Crippen LogP contribution in [0.2, 0.25) is 0 Å². The molecule has 0 aromatic heterocycles. The van der Waals surface area contributed by atoms with Crippen molar-refractivity contribution >= 4 is 35.4 Å². The van der Waals surface area contributed by atoms with E-state index in [4.69, 9.17) is 4.74 Å². The van der Waals surface area contributed by atoms with Gasteiger partial charge < -0.3 is 20.0 Å². The van der Waals surface area contributed by atoms with Gasteiger partial charge in [0.05, 0.1) is 18.1 Å². The van der Waals surface area contributed by atoms with Gasteiger partial charge in [-0.3, -0.25) is 4.79 Å². The number of aryl methyl sites for hydroxylation is 1. The van der Waals surface area contributed by atoms with Crippen LogP contribution in [0.1, 0.15) is 98.6 Å². The molecular formula is C33H46LiNO4S2. The van der Waals surface area contributed by atoms with Crippen LogP contribution in [0.3, 0.4) is 0 Å². The first kappa shape index (κ1) is 35.8. The molecule has 0 saturated heterocycles. The molecule has 1 N–H and O–H groups in total.